The molecule has 0 radical (unpaired) electrons. The van der Waals surface area contributed by atoms with Gasteiger partial charge < -0.3 is 5.32 Å². The molecule has 1 aromatic heterocycles. The first-order valence-corrected chi connectivity index (χ1v) is 11.0. The van der Waals surface area contributed by atoms with Gasteiger partial charge in [-0.25, -0.2) is 0 Å². The maximum atomic E-state index is 13.0. The lowest BCUT2D eigenvalue weighted by Crippen LogP contribution is -2.18. The molecule has 32 heavy (non-hydrogen) atoms. The fourth-order valence-electron chi connectivity index (χ4n) is 4.19. The number of benzene rings is 2. The lowest BCUT2D eigenvalue weighted by Gasteiger charge is -2.14. The second-order valence-corrected chi connectivity index (χ2v) is 8.29. The van der Waals surface area contributed by atoms with E-state index in [9.17, 15) is 4.79 Å². The Labute approximate surface area is 188 Å². The Balaban J connectivity index is 1.53. The summed E-state index contributed by atoms with van der Waals surface area (Å²) in [6, 6.07) is 12.1. The van der Waals surface area contributed by atoms with Gasteiger partial charge >= 0.3 is 0 Å². The van der Waals surface area contributed by atoms with Crippen LogP contribution in [-0.4, -0.2) is 40.8 Å². The number of allylic oxidation sites excluding steroid dienone is 3. The molecule has 1 amide bonds. The van der Waals surface area contributed by atoms with Crippen molar-refractivity contribution in [3.8, 4) is 0 Å². The number of hydrogen-bond acceptors (Lipinski definition) is 4. The van der Waals surface area contributed by atoms with Crippen LogP contribution in [0.5, 0.6) is 0 Å². The SMILES string of the molecule is C=N/C=C\C=C(/C)c1cc2c(C(=O)Nc3ccc(CN4CCCC4)cc3)n[nH]c2cc1C. The third-order valence-electron chi connectivity index (χ3n) is 5.90. The van der Waals surface area contributed by atoms with Gasteiger partial charge in [-0.2, -0.15) is 5.10 Å². The number of amides is 1. The summed E-state index contributed by atoms with van der Waals surface area (Å²) in [6.45, 7) is 10.8. The van der Waals surface area contributed by atoms with Gasteiger partial charge in [-0.1, -0.05) is 18.2 Å². The average Bonchev–Trinajstić information content (AvgIpc) is 3.44. The number of carbonyl (C=O) groups is 1. The Bertz CT molecular complexity index is 1180. The minimum absolute atomic E-state index is 0.226. The zero-order valence-corrected chi connectivity index (χ0v) is 18.7. The molecular formula is C26H29N5O. The van der Waals surface area contributed by atoms with Gasteiger partial charge in [0.1, 0.15) is 0 Å². The summed E-state index contributed by atoms with van der Waals surface area (Å²) in [5, 5.41) is 11.1. The summed E-state index contributed by atoms with van der Waals surface area (Å²) in [4.78, 5) is 19.2. The van der Waals surface area contributed by atoms with Crippen LogP contribution in [0, 0.1) is 6.92 Å². The molecule has 0 atom stereocenters. The number of aromatic amines is 1. The Morgan fingerprint density at radius 1 is 1.25 bits per heavy atom. The number of rotatable bonds is 7. The van der Waals surface area contributed by atoms with Gasteiger partial charge in [-0.05, 0) is 99.1 Å². The highest BCUT2D eigenvalue weighted by Gasteiger charge is 2.17. The van der Waals surface area contributed by atoms with Gasteiger partial charge in [0.2, 0.25) is 0 Å². The maximum absolute atomic E-state index is 13.0. The third-order valence-corrected chi connectivity index (χ3v) is 5.90. The van der Waals surface area contributed by atoms with E-state index in [1.165, 1.54) is 31.5 Å². The lowest BCUT2D eigenvalue weighted by atomic mass is 9.98. The number of H-pyrrole nitrogens is 1. The number of nitrogens with zero attached hydrogens (tertiary/aromatic N) is 3. The van der Waals surface area contributed by atoms with Gasteiger partial charge in [0.25, 0.3) is 5.91 Å². The molecule has 164 valence electrons. The van der Waals surface area contributed by atoms with Crippen LogP contribution >= 0.6 is 0 Å². The Morgan fingerprint density at radius 3 is 2.72 bits per heavy atom. The first-order valence-electron chi connectivity index (χ1n) is 11.0. The zero-order chi connectivity index (χ0) is 22.5. The number of hydrogen-bond donors (Lipinski definition) is 2. The molecule has 4 rings (SSSR count). The monoisotopic (exact) mass is 427 g/mol. The van der Waals surface area contributed by atoms with Crippen molar-refractivity contribution in [2.75, 3.05) is 18.4 Å². The van der Waals surface area contributed by atoms with E-state index in [4.69, 9.17) is 0 Å². The van der Waals surface area contributed by atoms with Gasteiger partial charge in [-0.15, -0.1) is 0 Å². The second kappa shape index (κ2) is 9.75. The van der Waals surface area contributed by atoms with Crippen molar-refractivity contribution >= 4 is 34.8 Å². The molecule has 1 aliphatic rings. The molecule has 6 nitrogen and oxygen atoms in total. The summed E-state index contributed by atoms with van der Waals surface area (Å²) in [5.74, 6) is -0.226. The molecule has 2 N–H and O–H groups in total. The predicted molar refractivity (Wildman–Crippen MR) is 132 cm³/mol. The van der Waals surface area contributed by atoms with E-state index in [1.54, 1.807) is 6.20 Å². The van der Waals surface area contributed by atoms with Gasteiger partial charge in [0, 0.05) is 23.8 Å². The topological polar surface area (TPSA) is 73.4 Å². The van der Waals surface area contributed by atoms with Crippen LogP contribution in [0.25, 0.3) is 16.5 Å². The molecule has 3 aromatic rings. The number of nitrogens with one attached hydrogen (secondary N) is 2. The summed E-state index contributed by atoms with van der Waals surface area (Å²) in [6.07, 6.45) is 8.04. The maximum Gasteiger partial charge on any atom is 0.276 e. The molecule has 2 heterocycles. The molecule has 1 saturated heterocycles. The van der Waals surface area contributed by atoms with Crippen LogP contribution in [0.4, 0.5) is 5.69 Å². The molecule has 0 saturated carbocycles. The van der Waals surface area contributed by atoms with Crippen molar-refractivity contribution in [3.63, 3.8) is 0 Å². The third kappa shape index (κ3) is 4.86. The van der Waals surface area contributed by atoms with Crippen LogP contribution in [0.1, 0.15) is 46.9 Å². The highest BCUT2D eigenvalue weighted by Crippen LogP contribution is 2.27. The number of anilines is 1. The van der Waals surface area contributed by atoms with E-state index in [-0.39, 0.29) is 5.91 Å². The number of aryl methyl sites for hydroxylation is 1. The van der Waals surface area contributed by atoms with Crippen molar-refractivity contribution in [3.05, 3.63) is 77.1 Å². The van der Waals surface area contributed by atoms with Crippen LogP contribution < -0.4 is 5.32 Å². The highest BCUT2D eigenvalue weighted by molar-refractivity contribution is 6.11. The zero-order valence-electron chi connectivity index (χ0n) is 18.7. The number of fused-ring (bicyclic) bond motifs is 1. The molecule has 0 aliphatic carbocycles. The van der Waals surface area contributed by atoms with E-state index in [0.717, 1.165) is 39.8 Å². The van der Waals surface area contributed by atoms with Crippen molar-refractivity contribution in [1.29, 1.82) is 0 Å². The number of carbonyl (C=O) groups excluding carboxylic acids is 1. The van der Waals surface area contributed by atoms with Gasteiger partial charge in [0.15, 0.2) is 5.69 Å². The summed E-state index contributed by atoms with van der Waals surface area (Å²) < 4.78 is 0. The van der Waals surface area contributed by atoms with Gasteiger partial charge in [-0.3, -0.25) is 19.8 Å². The summed E-state index contributed by atoms with van der Waals surface area (Å²) in [5.41, 5.74) is 6.50. The fraction of sp³-hybridized carbons (Fsp3) is 0.269. The second-order valence-electron chi connectivity index (χ2n) is 8.29. The number of aliphatic imine (C=N–C) groups is 1. The normalized spacial score (nSPS) is 15.0. The van der Waals surface area contributed by atoms with Crippen molar-refractivity contribution in [2.24, 2.45) is 4.99 Å². The van der Waals surface area contributed by atoms with Crippen LogP contribution in [0.2, 0.25) is 0 Å². The van der Waals surface area contributed by atoms with Crippen LogP contribution in [0.15, 0.2) is 59.7 Å². The number of aromatic nitrogens is 2. The van der Waals surface area contributed by atoms with E-state index in [2.05, 4.69) is 44.3 Å². The Morgan fingerprint density at radius 2 is 2.00 bits per heavy atom. The Kier molecular flexibility index (Phi) is 6.61. The van der Waals surface area contributed by atoms with E-state index in [0.29, 0.717) is 5.69 Å². The molecule has 0 unspecified atom stereocenters. The highest BCUT2D eigenvalue weighted by atomic mass is 16.1. The molecule has 0 spiro atoms. The molecule has 1 aliphatic heterocycles. The first kappa shape index (κ1) is 21.7. The molecule has 1 fully saturated rings. The van der Waals surface area contributed by atoms with Gasteiger partial charge in [0.05, 0.1) is 5.52 Å². The largest absolute Gasteiger partial charge is 0.321 e. The van der Waals surface area contributed by atoms with Crippen LogP contribution in [-0.2, 0) is 6.54 Å². The van der Waals surface area contributed by atoms with Crippen molar-refractivity contribution in [1.82, 2.24) is 15.1 Å². The summed E-state index contributed by atoms with van der Waals surface area (Å²) in [7, 11) is 0. The first-order chi connectivity index (χ1) is 15.5. The predicted octanol–water partition coefficient (Wildman–Crippen LogP) is 5.34. The van der Waals surface area contributed by atoms with E-state index in [1.807, 2.05) is 50.3 Å². The average molecular weight is 428 g/mol. The quantitative estimate of drug-likeness (QED) is 0.395. The molecule has 2 aromatic carbocycles. The minimum Gasteiger partial charge on any atom is -0.321 e. The van der Waals surface area contributed by atoms with Crippen molar-refractivity contribution < 1.29 is 4.79 Å². The Hall–Kier alpha value is -3.51. The standard InChI is InChI=1S/C26H29N5O/c1-18(7-6-12-27-3)22-16-23-24(15-19(22)2)29-30-25(23)26(32)28-21-10-8-20(9-11-21)17-31-13-4-5-14-31/h6-12,15-16H,3-5,13-14,17H2,1-2H3,(H,28,32)(H,29,30)/b12-6-,18-7+. The molecule has 0 bridgehead atoms. The minimum atomic E-state index is -0.226. The molecular weight excluding hydrogens is 398 g/mol. The van der Waals surface area contributed by atoms with E-state index < -0.39 is 0 Å². The lowest BCUT2D eigenvalue weighted by molar-refractivity contribution is 0.102. The van der Waals surface area contributed by atoms with Crippen molar-refractivity contribution in [2.45, 2.75) is 33.2 Å². The number of likely N-dealkylation sites (tertiary alicyclic amines) is 1. The van der Waals surface area contributed by atoms with E-state index >= 15 is 0 Å². The summed E-state index contributed by atoms with van der Waals surface area (Å²) >= 11 is 0. The smallest absolute Gasteiger partial charge is 0.276 e. The fourth-order valence-corrected chi connectivity index (χ4v) is 4.19. The van der Waals surface area contributed by atoms with Crippen LogP contribution in [0.3, 0.4) is 0 Å². The molecule has 6 heteroatoms.